The average Bonchev–Trinajstić information content (AvgIpc) is 2.91. The van der Waals surface area contributed by atoms with Crippen LogP contribution in [-0.4, -0.2) is 19.3 Å². The highest BCUT2D eigenvalue weighted by atomic mass is 35.5. The van der Waals surface area contributed by atoms with E-state index in [0.717, 1.165) is 6.61 Å². The molecule has 1 saturated heterocycles. The van der Waals surface area contributed by atoms with Crippen molar-refractivity contribution >= 4 is 11.6 Å². The van der Waals surface area contributed by atoms with E-state index in [4.69, 9.17) is 21.1 Å². The van der Waals surface area contributed by atoms with Gasteiger partial charge in [0.2, 0.25) is 0 Å². The monoisotopic (exact) mass is 202 g/mol. The maximum absolute atomic E-state index is 12.9. The van der Waals surface area contributed by atoms with Crippen LogP contribution in [0.3, 0.4) is 0 Å². The first-order valence-corrected chi connectivity index (χ1v) is 4.33. The zero-order chi connectivity index (χ0) is 9.26. The van der Waals surface area contributed by atoms with Crippen molar-refractivity contribution in [2.24, 2.45) is 0 Å². The summed E-state index contributed by atoms with van der Waals surface area (Å²) >= 11 is 5.50. The Bertz CT molecular complexity index is 312. The Kier molecular flexibility index (Phi) is 2.38. The fourth-order valence-electron chi connectivity index (χ4n) is 0.920. The van der Waals surface area contributed by atoms with Crippen LogP contribution in [0.1, 0.15) is 0 Å². The molecule has 1 unspecified atom stereocenters. The molecule has 1 aliphatic heterocycles. The van der Waals surface area contributed by atoms with E-state index in [9.17, 15) is 4.39 Å². The van der Waals surface area contributed by atoms with Crippen LogP contribution in [0.2, 0.25) is 5.02 Å². The quantitative estimate of drug-likeness (QED) is 0.702. The molecule has 0 aromatic heterocycles. The molecular formula is C9H8ClFO2. The molecule has 1 atom stereocenters. The third-order valence-electron chi connectivity index (χ3n) is 1.73. The molecule has 1 aliphatic rings. The first kappa shape index (κ1) is 8.78. The van der Waals surface area contributed by atoms with E-state index in [1.807, 2.05) is 0 Å². The minimum absolute atomic E-state index is 0.107. The van der Waals surface area contributed by atoms with E-state index in [1.54, 1.807) is 6.07 Å². The molecule has 1 heterocycles. The molecule has 0 radical (unpaired) electrons. The Morgan fingerprint density at radius 3 is 3.00 bits per heavy atom. The van der Waals surface area contributed by atoms with Gasteiger partial charge in [-0.25, -0.2) is 4.39 Å². The average molecular weight is 203 g/mol. The molecule has 0 spiro atoms. The highest BCUT2D eigenvalue weighted by molar-refractivity contribution is 6.30. The highest BCUT2D eigenvalue weighted by Gasteiger charge is 2.23. The second kappa shape index (κ2) is 3.52. The van der Waals surface area contributed by atoms with Crippen molar-refractivity contribution in [3.05, 3.63) is 29.0 Å². The zero-order valence-electron chi connectivity index (χ0n) is 6.80. The van der Waals surface area contributed by atoms with Gasteiger partial charge in [0.1, 0.15) is 24.3 Å². The SMILES string of the molecule is Fc1cc(OCC2CO2)ccc1Cl. The Morgan fingerprint density at radius 2 is 2.38 bits per heavy atom. The van der Waals surface area contributed by atoms with Crippen LogP contribution < -0.4 is 4.74 Å². The van der Waals surface area contributed by atoms with Gasteiger partial charge < -0.3 is 9.47 Å². The van der Waals surface area contributed by atoms with Gasteiger partial charge in [0.15, 0.2) is 0 Å². The lowest BCUT2D eigenvalue weighted by Crippen LogP contribution is -2.03. The lowest BCUT2D eigenvalue weighted by atomic mass is 10.3. The summed E-state index contributed by atoms with van der Waals surface area (Å²) < 4.78 is 23.1. The Labute approximate surface area is 80.2 Å². The molecule has 0 amide bonds. The van der Waals surface area contributed by atoms with Gasteiger partial charge in [0.25, 0.3) is 0 Å². The maximum atomic E-state index is 12.9. The van der Waals surface area contributed by atoms with Crippen LogP contribution in [-0.2, 0) is 4.74 Å². The van der Waals surface area contributed by atoms with Gasteiger partial charge in [0, 0.05) is 6.07 Å². The lowest BCUT2D eigenvalue weighted by Gasteiger charge is -2.03. The minimum Gasteiger partial charge on any atom is -0.491 e. The molecule has 1 aromatic rings. The van der Waals surface area contributed by atoms with Crippen LogP contribution in [0.25, 0.3) is 0 Å². The molecular weight excluding hydrogens is 195 g/mol. The van der Waals surface area contributed by atoms with Crippen molar-refractivity contribution in [3.8, 4) is 5.75 Å². The van der Waals surface area contributed by atoms with Crippen molar-refractivity contribution in [2.45, 2.75) is 6.10 Å². The van der Waals surface area contributed by atoms with Crippen LogP contribution in [0.4, 0.5) is 4.39 Å². The van der Waals surface area contributed by atoms with Crippen LogP contribution in [0, 0.1) is 5.82 Å². The summed E-state index contributed by atoms with van der Waals surface area (Å²) in [5, 5.41) is 0.107. The number of epoxide rings is 1. The van der Waals surface area contributed by atoms with Gasteiger partial charge in [-0.05, 0) is 12.1 Å². The van der Waals surface area contributed by atoms with Gasteiger partial charge in [0.05, 0.1) is 11.6 Å². The summed E-state index contributed by atoms with van der Waals surface area (Å²) in [6.07, 6.45) is 0.179. The van der Waals surface area contributed by atoms with Gasteiger partial charge in [-0.1, -0.05) is 11.6 Å². The van der Waals surface area contributed by atoms with Crippen molar-refractivity contribution in [1.82, 2.24) is 0 Å². The Morgan fingerprint density at radius 1 is 1.62 bits per heavy atom. The third kappa shape index (κ3) is 2.32. The van der Waals surface area contributed by atoms with Gasteiger partial charge in [-0.2, -0.15) is 0 Å². The molecule has 0 bridgehead atoms. The summed E-state index contributed by atoms with van der Waals surface area (Å²) in [7, 11) is 0. The molecule has 1 fully saturated rings. The first-order chi connectivity index (χ1) is 6.25. The minimum atomic E-state index is -0.462. The summed E-state index contributed by atoms with van der Waals surface area (Å²) in [4.78, 5) is 0. The topological polar surface area (TPSA) is 21.8 Å². The van der Waals surface area contributed by atoms with E-state index in [2.05, 4.69) is 0 Å². The lowest BCUT2D eigenvalue weighted by molar-refractivity contribution is 0.262. The number of hydrogen-bond acceptors (Lipinski definition) is 2. The standard InChI is InChI=1S/C9H8ClFO2/c10-8-2-1-6(3-9(8)11)12-4-7-5-13-7/h1-3,7H,4-5H2. The Balaban J connectivity index is 1.98. The Hall–Kier alpha value is -0.800. The molecule has 13 heavy (non-hydrogen) atoms. The van der Waals surface area contributed by atoms with E-state index < -0.39 is 5.82 Å². The molecule has 0 saturated carbocycles. The van der Waals surface area contributed by atoms with Gasteiger partial charge in [-0.15, -0.1) is 0 Å². The van der Waals surface area contributed by atoms with Crippen LogP contribution in [0.15, 0.2) is 18.2 Å². The van der Waals surface area contributed by atoms with E-state index in [-0.39, 0.29) is 11.1 Å². The van der Waals surface area contributed by atoms with Crippen LogP contribution in [0.5, 0.6) is 5.75 Å². The molecule has 0 aliphatic carbocycles. The molecule has 1 aromatic carbocycles. The molecule has 4 heteroatoms. The summed E-state index contributed by atoms with van der Waals surface area (Å²) in [6, 6.07) is 4.37. The largest absolute Gasteiger partial charge is 0.491 e. The summed E-state index contributed by atoms with van der Waals surface area (Å²) in [6.45, 7) is 1.21. The second-order valence-electron chi connectivity index (χ2n) is 2.84. The van der Waals surface area contributed by atoms with Gasteiger partial charge >= 0.3 is 0 Å². The fraction of sp³-hybridized carbons (Fsp3) is 0.333. The summed E-state index contributed by atoms with van der Waals surface area (Å²) in [5.41, 5.74) is 0. The molecule has 2 nitrogen and oxygen atoms in total. The number of hydrogen-bond donors (Lipinski definition) is 0. The fourth-order valence-corrected chi connectivity index (χ4v) is 1.04. The van der Waals surface area contributed by atoms with Crippen molar-refractivity contribution in [1.29, 1.82) is 0 Å². The third-order valence-corrected chi connectivity index (χ3v) is 2.04. The molecule has 0 N–H and O–H groups in total. The number of ether oxygens (including phenoxy) is 2. The van der Waals surface area contributed by atoms with E-state index in [1.165, 1.54) is 12.1 Å². The number of halogens is 2. The number of rotatable bonds is 3. The smallest absolute Gasteiger partial charge is 0.145 e. The molecule has 2 rings (SSSR count). The second-order valence-corrected chi connectivity index (χ2v) is 3.25. The first-order valence-electron chi connectivity index (χ1n) is 3.95. The predicted octanol–water partition coefficient (Wildman–Crippen LogP) is 2.26. The van der Waals surface area contributed by atoms with E-state index in [0.29, 0.717) is 12.4 Å². The normalized spacial score (nSPS) is 20.0. The van der Waals surface area contributed by atoms with Crippen molar-refractivity contribution < 1.29 is 13.9 Å². The van der Waals surface area contributed by atoms with Gasteiger partial charge in [-0.3, -0.25) is 0 Å². The van der Waals surface area contributed by atoms with Crippen LogP contribution >= 0.6 is 11.6 Å². The van der Waals surface area contributed by atoms with Crippen molar-refractivity contribution in [2.75, 3.05) is 13.2 Å². The highest BCUT2D eigenvalue weighted by Crippen LogP contribution is 2.21. The predicted molar refractivity (Wildman–Crippen MR) is 46.6 cm³/mol. The zero-order valence-corrected chi connectivity index (χ0v) is 7.55. The maximum Gasteiger partial charge on any atom is 0.145 e. The van der Waals surface area contributed by atoms with Crippen molar-refractivity contribution in [3.63, 3.8) is 0 Å². The number of benzene rings is 1. The van der Waals surface area contributed by atoms with E-state index >= 15 is 0 Å². The molecule has 70 valence electrons. The summed E-state index contributed by atoms with van der Waals surface area (Å²) in [5.74, 6) is 0.0216.